The van der Waals surface area contributed by atoms with Gasteiger partial charge in [-0.1, -0.05) is 23.5 Å². The fourth-order valence-corrected chi connectivity index (χ4v) is 5.37. The van der Waals surface area contributed by atoms with E-state index in [1.807, 2.05) is 26.0 Å². The number of nitrogens with one attached hydrogen (secondary N) is 1. The van der Waals surface area contributed by atoms with E-state index in [4.69, 9.17) is 9.47 Å². The van der Waals surface area contributed by atoms with Crippen molar-refractivity contribution >= 4 is 31.6 Å². The lowest BCUT2D eigenvalue weighted by molar-refractivity contribution is 0.271. The second-order valence-corrected chi connectivity index (χ2v) is 9.65. The van der Waals surface area contributed by atoms with Crippen LogP contribution in [0.4, 0.5) is 0 Å². The van der Waals surface area contributed by atoms with E-state index in [0.717, 1.165) is 16.9 Å². The van der Waals surface area contributed by atoms with Gasteiger partial charge in [-0.15, -0.1) is 0 Å². The number of hydrogen-bond donors (Lipinski definition) is 1. The van der Waals surface area contributed by atoms with Crippen molar-refractivity contribution in [2.24, 2.45) is 0 Å². The zero-order valence-electron chi connectivity index (χ0n) is 16.7. The summed E-state index contributed by atoms with van der Waals surface area (Å²) >= 11 is 1.04. The van der Waals surface area contributed by atoms with Crippen LogP contribution in [-0.2, 0) is 10.0 Å². The van der Waals surface area contributed by atoms with Crippen LogP contribution in [0.5, 0.6) is 11.5 Å². The number of para-hydroxylation sites is 2. The molecule has 0 bridgehead atoms. The summed E-state index contributed by atoms with van der Waals surface area (Å²) in [5.41, 5.74) is 0.738. The molecule has 7 nitrogen and oxygen atoms in total. The van der Waals surface area contributed by atoms with Crippen LogP contribution in [0.2, 0.25) is 0 Å². The lowest BCUT2D eigenvalue weighted by atomic mass is 10.3. The molecule has 9 heteroatoms. The second-order valence-electron chi connectivity index (χ2n) is 6.95. The van der Waals surface area contributed by atoms with Gasteiger partial charge in [0.05, 0.1) is 28.3 Å². The topological polar surface area (TPSA) is 86.6 Å². The monoisotopic (exact) mass is 436 g/mol. The highest BCUT2D eigenvalue weighted by molar-refractivity contribution is 7.89. The van der Waals surface area contributed by atoms with E-state index < -0.39 is 16.1 Å². The minimum Gasteiger partial charge on any atom is -0.493 e. The maximum Gasteiger partial charge on any atom is 0.308 e. The molecule has 1 aromatic heterocycles. The summed E-state index contributed by atoms with van der Waals surface area (Å²) in [7, 11) is -2.21. The van der Waals surface area contributed by atoms with Gasteiger partial charge in [-0.25, -0.2) is 13.1 Å². The summed E-state index contributed by atoms with van der Waals surface area (Å²) in [6, 6.07) is 11.4. The highest BCUT2D eigenvalue weighted by Crippen LogP contribution is 2.26. The number of rotatable bonds is 8. The van der Waals surface area contributed by atoms with Crippen LogP contribution in [0.1, 0.15) is 26.8 Å². The highest BCUT2D eigenvalue weighted by atomic mass is 32.2. The average molecular weight is 437 g/mol. The molecule has 0 saturated carbocycles. The Kier molecular flexibility index (Phi) is 6.30. The third-order valence-corrected chi connectivity index (χ3v) is 6.83. The third kappa shape index (κ3) is 4.63. The predicted molar refractivity (Wildman–Crippen MR) is 115 cm³/mol. The smallest absolute Gasteiger partial charge is 0.308 e. The summed E-state index contributed by atoms with van der Waals surface area (Å²) in [6.45, 7) is 5.70. The molecule has 0 aliphatic rings. The van der Waals surface area contributed by atoms with Gasteiger partial charge in [0.2, 0.25) is 10.0 Å². The predicted octanol–water partition coefficient (Wildman–Crippen LogP) is 3.40. The van der Waals surface area contributed by atoms with Crippen molar-refractivity contribution in [1.82, 2.24) is 9.29 Å². The maximum absolute atomic E-state index is 12.8. The normalized spacial score (nSPS) is 13.0. The highest BCUT2D eigenvalue weighted by Gasteiger charge is 2.20. The van der Waals surface area contributed by atoms with E-state index in [2.05, 4.69) is 4.72 Å². The van der Waals surface area contributed by atoms with Crippen molar-refractivity contribution in [3.8, 4) is 11.5 Å². The molecule has 29 heavy (non-hydrogen) atoms. The Morgan fingerprint density at radius 2 is 1.79 bits per heavy atom. The summed E-state index contributed by atoms with van der Waals surface area (Å²) < 4.78 is 41.4. The van der Waals surface area contributed by atoms with E-state index in [9.17, 15) is 13.2 Å². The van der Waals surface area contributed by atoms with E-state index in [0.29, 0.717) is 16.2 Å². The fraction of sp³-hybridized carbons (Fsp3) is 0.350. The van der Waals surface area contributed by atoms with Crippen molar-refractivity contribution < 1.29 is 17.9 Å². The molecule has 156 valence electrons. The lowest BCUT2D eigenvalue weighted by Gasteiger charge is -2.16. The Balaban J connectivity index is 1.75. The van der Waals surface area contributed by atoms with Gasteiger partial charge in [0, 0.05) is 6.04 Å². The number of thiazole rings is 1. The molecular formula is C20H24N2O5S2. The van der Waals surface area contributed by atoms with Gasteiger partial charge in [0.15, 0.2) is 11.5 Å². The molecule has 0 fully saturated rings. The molecule has 2 aromatic carbocycles. The van der Waals surface area contributed by atoms with Crippen molar-refractivity contribution in [2.45, 2.75) is 37.8 Å². The molecule has 3 rings (SSSR count). The van der Waals surface area contributed by atoms with Crippen LogP contribution in [0.3, 0.4) is 0 Å². The second kappa shape index (κ2) is 8.56. The zero-order valence-corrected chi connectivity index (χ0v) is 18.3. The van der Waals surface area contributed by atoms with Gasteiger partial charge in [-0.3, -0.25) is 9.36 Å². The van der Waals surface area contributed by atoms with Crippen LogP contribution in [0, 0.1) is 0 Å². The molecular weight excluding hydrogens is 412 g/mol. The quantitative estimate of drug-likeness (QED) is 0.585. The number of fused-ring (bicyclic) bond motifs is 1. The van der Waals surface area contributed by atoms with Crippen LogP contribution in [0.25, 0.3) is 10.2 Å². The van der Waals surface area contributed by atoms with E-state index >= 15 is 0 Å². The summed E-state index contributed by atoms with van der Waals surface area (Å²) in [5, 5.41) is 0. The van der Waals surface area contributed by atoms with Crippen molar-refractivity contribution in [3.63, 3.8) is 0 Å². The Morgan fingerprint density at radius 1 is 1.10 bits per heavy atom. The molecule has 1 heterocycles. The molecule has 0 aliphatic heterocycles. The average Bonchev–Trinajstić information content (AvgIpc) is 3.01. The van der Waals surface area contributed by atoms with E-state index in [1.54, 1.807) is 36.8 Å². The van der Waals surface area contributed by atoms with Crippen molar-refractivity contribution in [1.29, 1.82) is 0 Å². The Hall–Kier alpha value is -2.36. The largest absolute Gasteiger partial charge is 0.493 e. The first-order valence-electron chi connectivity index (χ1n) is 9.16. The fourth-order valence-electron chi connectivity index (χ4n) is 2.99. The first-order valence-corrected chi connectivity index (χ1v) is 11.5. The number of nitrogens with zero attached hydrogens (tertiary/aromatic N) is 1. The molecule has 0 spiro atoms. The van der Waals surface area contributed by atoms with Crippen LogP contribution in [-0.4, -0.2) is 32.7 Å². The lowest BCUT2D eigenvalue weighted by Crippen LogP contribution is -2.36. The zero-order chi connectivity index (χ0) is 21.2. The molecule has 0 unspecified atom stereocenters. The summed E-state index contributed by atoms with van der Waals surface area (Å²) in [4.78, 5) is 12.2. The molecule has 0 saturated heterocycles. The van der Waals surface area contributed by atoms with Crippen LogP contribution in [0.15, 0.2) is 52.2 Å². The number of aromatic nitrogens is 1. The number of benzene rings is 2. The Labute approximate surface area is 173 Å². The van der Waals surface area contributed by atoms with Gasteiger partial charge in [0.1, 0.15) is 6.61 Å². The van der Waals surface area contributed by atoms with Gasteiger partial charge >= 0.3 is 4.87 Å². The number of sulfonamides is 1. The summed E-state index contributed by atoms with van der Waals surface area (Å²) in [6.07, 6.45) is 0. The summed E-state index contributed by atoms with van der Waals surface area (Å²) in [5.74, 6) is 1.12. The van der Waals surface area contributed by atoms with Crippen molar-refractivity contribution in [3.05, 3.63) is 52.1 Å². The molecule has 0 amide bonds. The van der Waals surface area contributed by atoms with E-state index in [-0.39, 0.29) is 22.4 Å². The van der Waals surface area contributed by atoms with Gasteiger partial charge in [0.25, 0.3) is 0 Å². The molecule has 0 aliphatic carbocycles. The Morgan fingerprint density at radius 3 is 2.45 bits per heavy atom. The number of methoxy groups -OCH3 is 1. The standard InChI is InChI=1S/C20H24N2O5S2/c1-13(2)22-16-10-9-15(11-19(16)28-20(22)23)29(24,25)21-14(3)12-27-18-8-6-5-7-17(18)26-4/h5-11,13-14,21H,12H2,1-4H3/t14-/m1/s1. The molecule has 1 N–H and O–H groups in total. The van der Waals surface area contributed by atoms with Gasteiger partial charge < -0.3 is 9.47 Å². The molecule has 1 atom stereocenters. The number of hydrogen-bond acceptors (Lipinski definition) is 6. The number of ether oxygens (including phenoxy) is 2. The SMILES string of the molecule is COc1ccccc1OC[C@@H](C)NS(=O)(=O)c1ccc2c(c1)sc(=O)n2C(C)C. The first-order chi connectivity index (χ1) is 13.7. The van der Waals surface area contributed by atoms with Gasteiger partial charge in [-0.05, 0) is 51.1 Å². The van der Waals surface area contributed by atoms with Gasteiger partial charge in [-0.2, -0.15) is 0 Å². The molecule has 0 radical (unpaired) electrons. The van der Waals surface area contributed by atoms with Crippen LogP contribution >= 0.6 is 11.3 Å². The molecule has 3 aromatic rings. The first kappa shape index (κ1) is 21.4. The van der Waals surface area contributed by atoms with Crippen LogP contribution < -0.4 is 19.1 Å². The van der Waals surface area contributed by atoms with E-state index in [1.165, 1.54) is 12.1 Å². The minimum absolute atomic E-state index is 0.00369. The maximum atomic E-state index is 12.8. The van der Waals surface area contributed by atoms with Crippen molar-refractivity contribution in [2.75, 3.05) is 13.7 Å². The minimum atomic E-state index is -3.76. The third-order valence-electron chi connectivity index (χ3n) is 4.33. The Bertz CT molecular complexity index is 1170.